The third-order valence-corrected chi connectivity index (χ3v) is 2.55. The van der Waals surface area contributed by atoms with Gasteiger partial charge in [0, 0.05) is 23.7 Å². The second kappa shape index (κ2) is 4.74. The summed E-state index contributed by atoms with van der Waals surface area (Å²) in [6.45, 7) is 3.52. The molecule has 0 saturated heterocycles. The monoisotopic (exact) mass is 244 g/mol. The number of pyridine rings is 1. The van der Waals surface area contributed by atoms with Crippen molar-refractivity contribution in [3.05, 3.63) is 42.1 Å². The minimum atomic E-state index is -0.909. The topological polar surface area (TPSA) is 62.2 Å². The number of nitrogens with one attached hydrogen (secondary N) is 1. The molecule has 0 unspecified atom stereocenters. The van der Waals surface area contributed by atoms with Crippen LogP contribution in [0.4, 0.5) is 0 Å². The third-order valence-electron chi connectivity index (χ3n) is 2.55. The number of amides is 1. The number of benzene rings is 1. The van der Waals surface area contributed by atoms with Crippen LogP contribution in [0.15, 0.2) is 36.5 Å². The van der Waals surface area contributed by atoms with E-state index >= 15 is 0 Å². The second-order valence-corrected chi connectivity index (χ2v) is 4.91. The fourth-order valence-corrected chi connectivity index (χ4v) is 1.62. The lowest BCUT2D eigenvalue weighted by molar-refractivity contribution is 0.0694. The van der Waals surface area contributed by atoms with Crippen molar-refractivity contribution in [3.63, 3.8) is 0 Å². The molecule has 0 fully saturated rings. The average Bonchev–Trinajstić information content (AvgIpc) is 2.34. The van der Waals surface area contributed by atoms with Gasteiger partial charge >= 0.3 is 0 Å². The smallest absolute Gasteiger partial charge is 0.251 e. The quantitative estimate of drug-likeness (QED) is 0.864. The van der Waals surface area contributed by atoms with Crippen molar-refractivity contribution >= 4 is 16.8 Å². The first kappa shape index (κ1) is 12.5. The van der Waals surface area contributed by atoms with E-state index in [0.29, 0.717) is 5.56 Å². The van der Waals surface area contributed by atoms with Crippen LogP contribution in [-0.4, -0.2) is 28.1 Å². The number of hydrogen-bond acceptors (Lipinski definition) is 3. The lowest BCUT2D eigenvalue weighted by Crippen LogP contribution is -2.38. The van der Waals surface area contributed by atoms with Gasteiger partial charge in [-0.05, 0) is 38.1 Å². The van der Waals surface area contributed by atoms with E-state index in [9.17, 15) is 9.90 Å². The number of carbonyl (C=O) groups excluding carboxylic acids is 1. The van der Waals surface area contributed by atoms with Gasteiger partial charge in [0.15, 0.2) is 0 Å². The Kier molecular flexibility index (Phi) is 3.30. The molecule has 2 aromatic rings. The molecule has 1 heterocycles. The Bertz CT molecular complexity index is 573. The zero-order chi connectivity index (χ0) is 13.2. The van der Waals surface area contributed by atoms with Crippen LogP contribution in [0.25, 0.3) is 10.9 Å². The van der Waals surface area contributed by atoms with E-state index in [1.165, 1.54) is 0 Å². The highest BCUT2D eigenvalue weighted by Gasteiger charge is 2.14. The van der Waals surface area contributed by atoms with Crippen LogP contribution in [0, 0.1) is 0 Å². The number of hydrogen-bond donors (Lipinski definition) is 2. The maximum Gasteiger partial charge on any atom is 0.251 e. The number of fused-ring (bicyclic) bond motifs is 1. The van der Waals surface area contributed by atoms with Crippen LogP contribution in [0.2, 0.25) is 0 Å². The highest BCUT2D eigenvalue weighted by molar-refractivity contribution is 5.97. The summed E-state index contributed by atoms with van der Waals surface area (Å²) >= 11 is 0. The summed E-state index contributed by atoms with van der Waals surface area (Å²) in [6.07, 6.45) is 1.72. The first-order chi connectivity index (χ1) is 8.46. The van der Waals surface area contributed by atoms with Gasteiger partial charge < -0.3 is 10.4 Å². The number of rotatable bonds is 3. The number of carbonyl (C=O) groups is 1. The van der Waals surface area contributed by atoms with Crippen molar-refractivity contribution in [3.8, 4) is 0 Å². The van der Waals surface area contributed by atoms with Gasteiger partial charge in [-0.25, -0.2) is 0 Å². The standard InChI is InChI=1S/C14H16N2O2/c1-14(2,18)9-16-13(17)11-5-6-12-10(8-11)4-3-7-15-12/h3-8,18H,9H2,1-2H3,(H,16,17). The molecule has 0 aliphatic heterocycles. The Morgan fingerprint density at radius 3 is 2.89 bits per heavy atom. The van der Waals surface area contributed by atoms with Crippen molar-refractivity contribution in [2.75, 3.05) is 6.54 Å². The van der Waals surface area contributed by atoms with Gasteiger partial charge in [-0.2, -0.15) is 0 Å². The minimum absolute atomic E-state index is 0.192. The van der Waals surface area contributed by atoms with Gasteiger partial charge in [-0.15, -0.1) is 0 Å². The molecule has 1 aromatic heterocycles. The molecular weight excluding hydrogens is 228 g/mol. The van der Waals surface area contributed by atoms with Crippen LogP contribution in [-0.2, 0) is 0 Å². The fourth-order valence-electron chi connectivity index (χ4n) is 1.62. The number of nitrogens with zero attached hydrogens (tertiary/aromatic N) is 1. The Balaban J connectivity index is 2.18. The van der Waals surface area contributed by atoms with Gasteiger partial charge in [0.25, 0.3) is 5.91 Å². The molecule has 0 radical (unpaired) electrons. The van der Waals surface area contributed by atoms with Crippen molar-refractivity contribution in [2.24, 2.45) is 0 Å². The lowest BCUT2D eigenvalue weighted by atomic mass is 10.1. The largest absolute Gasteiger partial charge is 0.389 e. The average molecular weight is 244 g/mol. The lowest BCUT2D eigenvalue weighted by Gasteiger charge is -2.17. The van der Waals surface area contributed by atoms with Crippen molar-refractivity contribution in [2.45, 2.75) is 19.4 Å². The molecular formula is C14H16N2O2. The van der Waals surface area contributed by atoms with E-state index < -0.39 is 5.60 Å². The summed E-state index contributed by atoms with van der Waals surface area (Å²) in [6, 6.07) is 9.08. The van der Waals surface area contributed by atoms with Gasteiger partial charge in [0.05, 0.1) is 11.1 Å². The normalized spacial score (nSPS) is 11.5. The van der Waals surface area contributed by atoms with Gasteiger partial charge in [-0.3, -0.25) is 9.78 Å². The molecule has 2 N–H and O–H groups in total. The Morgan fingerprint density at radius 1 is 1.39 bits per heavy atom. The summed E-state index contributed by atoms with van der Waals surface area (Å²) < 4.78 is 0. The molecule has 94 valence electrons. The van der Waals surface area contributed by atoms with Crippen LogP contribution in [0.3, 0.4) is 0 Å². The predicted molar refractivity (Wildman–Crippen MR) is 70.4 cm³/mol. The predicted octanol–water partition coefficient (Wildman–Crippen LogP) is 1.74. The SMILES string of the molecule is CC(C)(O)CNC(=O)c1ccc2ncccc2c1. The highest BCUT2D eigenvalue weighted by atomic mass is 16.3. The summed E-state index contributed by atoms with van der Waals surface area (Å²) in [7, 11) is 0. The minimum Gasteiger partial charge on any atom is -0.389 e. The van der Waals surface area contributed by atoms with E-state index in [4.69, 9.17) is 0 Å². The summed E-state index contributed by atoms with van der Waals surface area (Å²) in [5.41, 5.74) is 0.518. The molecule has 1 amide bonds. The Labute approximate surface area is 106 Å². The van der Waals surface area contributed by atoms with Crippen LogP contribution in [0.5, 0.6) is 0 Å². The Hall–Kier alpha value is -1.94. The first-order valence-electron chi connectivity index (χ1n) is 5.81. The molecule has 4 heteroatoms. The van der Waals surface area contributed by atoms with Crippen molar-refractivity contribution in [1.29, 1.82) is 0 Å². The van der Waals surface area contributed by atoms with Crippen LogP contribution in [0.1, 0.15) is 24.2 Å². The zero-order valence-electron chi connectivity index (χ0n) is 10.5. The molecule has 0 aliphatic carbocycles. The molecule has 4 nitrogen and oxygen atoms in total. The van der Waals surface area contributed by atoms with Crippen molar-refractivity contribution in [1.82, 2.24) is 10.3 Å². The molecule has 2 rings (SSSR count). The third kappa shape index (κ3) is 3.05. The molecule has 18 heavy (non-hydrogen) atoms. The number of aliphatic hydroxyl groups is 1. The van der Waals surface area contributed by atoms with E-state index in [1.54, 1.807) is 32.2 Å². The molecule has 0 spiro atoms. The first-order valence-corrected chi connectivity index (χ1v) is 5.81. The fraction of sp³-hybridized carbons (Fsp3) is 0.286. The van der Waals surface area contributed by atoms with Crippen LogP contribution >= 0.6 is 0 Å². The maximum absolute atomic E-state index is 11.9. The number of aromatic nitrogens is 1. The molecule has 0 atom stereocenters. The van der Waals surface area contributed by atoms with Gasteiger partial charge in [0.1, 0.15) is 0 Å². The van der Waals surface area contributed by atoms with E-state index in [0.717, 1.165) is 10.9 Å². The summed E-state index contributed by atoms with van der Waals surface area (Å²) in [4.78, 5) is 16.1. The van der Waals surface area contributed by atoms with Gasteiger partial charge in [0.2, 0.25) is 0 Å². The van der Waals surface area contributed by atoms with Gasteiger partial charge in [-0.1, -0.05) is 6.07 Å². The molecule has 1 aromatic carbocycles. The van der Waals surface area contributed by atoms with Crippen molar-refractivity contribution < 1.29 is 9.90 Å². The van der Waals surface area contributed by atoms with E-state index in [-0.39, 0.29) is 12.5 Å². The second-order valence-electron chi connectivity index (χ2n) is 4.91. The molecule has 0 saturated carbocycles. The van der Waals surface area contributed by atoms with E-state index in [1.807, 2.05) is 18.2 Å². The van der Waals surface area contributed by atoms with Crippen LogP contribution < -0.4 is 5.32 Å². The molecule has 0 aliphatic rings. The van der Waals surface area contributed by atoms with E-state index in [2.05, 4.69) is 10.3 Å². The molecule has 0 bridgehead atoms. The maximum atomic E-state index is 11.9. The summed E-state index contributed by atoms with van der Waals surface area (Å²) in [5.74, 6) is -0.192. The Morgan fingerprint density at radius 2 is 2.17 bits per heavy atom. The highest BCUT2D eigenvalue weighted by Crippen LogP contribution is 2.13. The zero-order valence-corrected chi connectivity index (χ0v) is 10.5. The summed E-state index contributed by atoms with van der Waals surface area (Å²) in [5, 5.41) is 13.2.